The van der Waals surface area contributed by atoms with Crippen LogP contribution in [0.1, 0.15) is 57.0 Å². The van der Waals surface area contributed by atoms with Crippen LogP contribution in [0.4, 0.5) is 5.69 Å². The molecule has 1 aromatic heterocycles. The molecule has 144 valence electrons. The van der Waals surface area contributed by atoms with Crippen molar-refractivity contribution in [3.63, 3.8) is 0 Å². The van der Waals surface area contributed by atoms with Gasteiger partial charge in [-0.05, 0) is 49.6 Å². The van der Waals surface area contributed by atoms with Crippen LogP contribution in [-0.2, 0) is 10.2 Å². The molecule has 0 aliphatic carbocycles. The van der Waals surface area contributed by atoms with Crippen molar-refractivity contribution >= 4 is 34.8 Å². The maximum absolute atomic E-state index is 13.0. The monoisotopic (exact) mass is 373 g/mol. The molecular weight excluding hydrogens is 346 g/mol. The van der Waals surface area contributed by atoms with Gasteiger partial charge in [-0.3, -0.25) is 4.79 Å². The predicted molar refractivity (Wildman–Crippen MR) is 116 cm³/mol. The van der Waals surface area contributed by atoms with Gasteiger partial charge in [0.05, 0.1) is 22.1 Å². The minimum Gasteiger partial charge on any atom is -0.338 e. The number of H-pyrrole nitrogens is 1. The first-order chi connectivity index (χ1) is 13.5. The first-order valence-electron chi connectivity index (χ1n) is 10.1. The van der Waals surface area contributed by atoms with Gasteiger partial charge < -0.3 is 9.88 Å². The molecule has 0 fully saturated rings. The molecule has 0 unspecified atom stereocenters. The molecular formula is C24H27N3O. The average Bonchev–Trinajstić information content (AvgIpc) is 3.18. The zero-order valence-electron chi connectivity index (χ0n) is 16.8. The van der Waals surface area contributed by atoms with E-state index in [1.165, 1.54) is 0 Å². The Balaban J connectivity index is 1.69. The van der Waals surface area contributed by atoms with Crippen LogP contribution < -0.4 is 4.90 Å². The molecule has 28 heavy (non-hydrogen) atoms. The van der Waals surface area contributed by atoms with Gasteiger partial charge in [0.25, 0.3) is 0 Å². The Kier molecular flexibility index (Phi) is 4.80. The number of aromatic amines is 1. The number of carbonyl (C=O) groups excluding carboxylic acids is 1. The molecule has 0 radical (unpaired) electrons. The number of aromatic nitrogens is 2. The third-order valence-electron chi connectivity index (χ3n) is 5.58. The van der Waals surface area contributed by atoms with Crippen molar-refractivity contribution in [3.05, 3.63) is 59.4 Å². The molecule has 1 aliphatic heterocycles. The zero-order chi connectivity index (χ0) is 19.7. The van der Waals surface area contributed by atoms with E-state index in [9.17, 15) is 4.79 Å². The number of unbranched alkanes of at least 4 members (excludes halogenated alkanes) is 2. The predicted octanol–water partition coefficient (Wildman–Crippen LogP) is 5.55. The van der Waals surface area contributed by atoms with Crippen molar-refractivity contribution < 1.29 is 4.79 Å². The molecule has 0 atom stereocenters. The summed E-state index contributed by atoms with van der Waals surface area (Å²) in [5.41, 5.74) is 4.62. The molecule has 4 heteroatoms. The molecule has 2 aromatic carbocycles. The second kappa shape index (κ2) is 7.27. The molecule has 0 spiro atoms. The molecule has 3 aromatic rings. The van der Waals surface area contributed by atoms with Crippen LogP contribution in [0.15, 0.2) is 42.5 Å². The summed E-state index contributed by atoms with van der Waals surface area (Å²) in [6.07, 6.45) is 7.36. The highest BCUT2D eigenvalue weighted by molar-refractivity contribution is 6.09. The third kappa shape index (κ3) is 3.24. The molecule has 0 saturated carbocycles. The maximum Gasteiger partial charge on any atom is 0.237 e. The van der Waals surface area contributed by atoms with Gasteiger partial charge in [0, 0.05) is 6.54 Å². The highest BCUT2D eigenvalue weighted by Crippen LogP contribution is 2.43. The number of amides is 1. The summed E-state index contributed by atoms with van der Waals surface area (Å²) in [6.45, 7) is 7.00. The summed E-state index contributed by atoms with van der Waals surface area (Å²) in [7, 11) is 0. The summed E-state index contributed by atoms with van der Waals surface area (Å²) in [5.74, 6) is 1.01. The number of fused-ring (bicyclic) bond motifs is 2. The smallest absolute Gasteiger partial charge is 0.237 e. The average molecular weight is 374 g/mol. The van der Waals surface area contributed by atoms with Gasteiger partial charge in [0.15, 0.2) is 0 Å². The van der Waals surface area contributed by atoms with Gasteiger partial charge in [0.2, 0.25) is 5.91 Å². The van der Waals surface area contributed by atoms with Gasteiger partial charge in [-0.15, -0.1) is 0 Å². The Labute approximate surface area is 166 Å². The van der Waals surface area contributed by atoms with Gasteiger partial charge in [-0.2, -0.15) is 0 Å². The lowest BCUT2D eigenvalue weighted by molar-refractivity contribution is -0.122. The largest absolute Gasteiger partial charge is 0.338 e. The third-order valence-corrected chi connectivity index (χ3v) is 5.58. The first kappa shape index (κ1) is 18.5. The van der Waals surface area contributed by atoms with Gasteiger partial charge in [-0.25, -0.2) is 4.98 Å². The second-order valence-electron chi connectivity index (χ2n) is 8.04. The molecule has 1 amide bonds. The standard InChI is InChI=1S/C24H27N3O/c1-4-5-9-14-27-21-16-20-19(15-18(21)24(2,3)23(27)28)25-22(26-20)13-12-17-10-7-6-8-11-17/h6-8,10-13,15-16H,4-5,9,14H2,1-3H3,(H,25,26). The summed E-state index contributed by atoms with van der Waals surface area (Å²) >= 11 is 0. The number of imidazole rings is 1. The van der Waals surface area contributed by atoms with Crippen LogP contribution in [0.2, 0.25) is 0 Å². The number of nitrogens with one attached hydrogen (secondary N) is 1. The Hall–Kier alpha value is -2.88. The van der Waals surface area contributed by atoms with Crippen molar-refractivity contribution in [2.75, 3.05) is 11.4 Å². The van der Waals surface area contributed by atoms with Crippen molar-refractivity contribution in [2.45, 2.75) is 45.4 Å². The van der Waals surface area contributed by atoms with Crippen molar-refractivity contribution in [1.29, 1.82) is 0 Å². The molecule has 2 heterocycles. The minimum absolute atomic E-state index is 0.190. The molecule has 0 bridgehead atoms. The summed E-state index contributed by atoms with van der Waals surface area (Å²) in [5, 5.41) is 0. The van der Waals surface area contributed by atoms with Crippen LogP contribution in [0.5, 0.6) is 0 Å². The number of carbonyl (C=O) groups is 1. The van der Waals surface area contributed by atoms with Gasteiger partial charge >= 0.3 is 0 Å². The van der Waals surface area contributed by atoms with Crippen LogP contribution in [0.3, 0.4) is 0 Å². The van der Waals surface area contributed by atoms with Crippen molar-refractivity contribution in [1.82, 2.24) is 9.97 Å². The number of benzene rings is 2. The van der Waals surface area contributed by atoms with E-state index in [0.29, 0.717) is 0 Å². The van der Waals surface area contributed by atoms with Crippen LogP contribution in [-0.4, -0.2) is 22.4 Å². The van der Waals surface area contributed by atoms with E-state index in [2.05, 4.69) is 42.2 Å². The fourth-order valence-corrected chi connectivity index (χ4v) is 3.91. The number of nitrogens with zero attached hydrogens (tertiary/aromatic N) is 2. The molecule has 1 N–H and O–H groups in total. The van der Waals surface area contributed by atoms with Gasteiger partial charge in [0.1, 0.15) is 5.82 Å². The van der Waals surface area contributed by atoms with E-state index >= 15 is 0 Å². The Bertz CT molecular complexity index is 1030. The number of anilines is 1. The Morgan fingerprint density at radius 2 is 1.89 bits per heavy atom. The van der Waals surface area contributed by atoms with Gasteiger partial charge in [-0.1, -0.05) is 56.2 Å². The van der Waals surface area contributed by atoms with Crippen LogP contribution in [0, 0.1) is 0 Å². The van der Waals surface area contributed by atoms with E-state index in [4.69, 9.17) is 4.98 Å². The number of hydrogen-bond donors (Lipinski definition) is 1. The molecule has 4 nitrogen and oxygen atoms in total. The summed E-state index contributed by atoms with van der Waals surface area (Å²) < 4.78 is 0. The summed E-state index contributed by atoms with van der Waals surface area (Å²) in [6, 6.07) is 14.4. The molecule has 1 aliphatic rings. The highest BCUT2D eigenvalue weighted by atomic mass is 16.2. The SMILES string of the molecule is CCCCCN1C(=O)C(C)(C)c2cc3[nH]c(C=Cc4ccccc4)nc3cc21. The van der Waals surface area contributed by atoms with E-state index in [1.54, 1.807) is 0 Å². The maximum atomic E-state index is 13.0. The quantitative estimate of drug-likeness (QED) is 0.576. The Morgan fingerprint density at radius 1 is 1.11 bits per heavy atom. The first-order valence-corrected chi connectivity index (χ1v) is 10.1. The lowest BCUT2D eigenvalue weighted by atomic mass is 9.86. The van der Waals surface area contributed by atoms with E-state index in [0.717, 1.165) is 59.5 Å². The number of rotatable bonds is 6. The fourth-order valence-electron chi connectivity index (χ4n) is 3.91. The lowest BCUT2D eigenvalue weighted by Gasteiger charge is -2.20. The topological polar surface area (TPSA) is 49.0 Å². The van der Waals surface area contributed by atoms with E-state index < -0.39 is 5.41 Å². The minimum atomic E-state index is -0.499. The zero-order valence-corrected chi connectivity index (χ0v) is 16.8. The molecule has 4 rings (SSSR count). The second-order valence-corrected chi connectivity index (χ2v) is 8.04. The normalized spacial score (nSPS) is 15.7. The number of hydrogen-bond acceptors (Lipinski definition) is 2. The summed E-state index contributed by atoms with van der Waals surface area (Å²) in [4.78, 5) is 23.1. The van der Waals surface area contributed by atoms with Crippen LogP contribution in [0.25, 0.3) is 23.2 Å². The van der Waals surface area contributed by atoms with Crippen LogP contribution >= 0.6 is 0 Å². The molecule has 0 saturated heterocycles. The van der Waals surface area contributed by atoms with Crippen molar-refractivity contribution in [3.8, 4) is 0 Å². The Morgan fingerprint density at radius 3 is 2.64 bits per heavy atom. The lowest BCUT2D eigenvalue weighted by Crippen LogP contribution is -2.36. The van der Waals surface area contributed by atoms with E-state index in [1.807, 2.05) is 43.0 Å². The van der Waals surface area contributed by atoms with E-state index in [-0.39, 0.29) is 5.91 Å². The fraction of sp³-hybridized carbons (Fsp3) is 0.333. The highest BCUT2D eigenvalue weighted by Gasteiger charge is 2.43. The van der Waals surface area contributed by atoms with Crippen molar-refractivity contribution in [2.24, 2.45) is 0 Å².